The lowest BCUT2D eigenvalue weighted by atomic mass is 10.2. The molecule has 0 bridgehead atoms. The van der Waals surface area contributed by atoms with Crippen LogP contribution in [-0.2, 0) is 26.6 Å². The molecule has 10 heteroatoms. The number of rotatable bonds is 11. The molecule has 0 unspecified atom stereocenters. The highest BCUT2D eigenvalue weighted by Gasteiger charge is 2.28. The van der Waals surface area contributed by atoms with Crippen LogP contribution in [0.5, 0.6) is 0 Å². The molecule has 1 fully saturated rings. The Labute approximate surface area is 196 Å². The summed E-state index contributed by atoms with van der Waals surface area (Å²) < 4.78 is 55.7. The largest absolute Gasteiger partial charge is 0.303 e. The van der Waals surface area contributed by atoms with Crippen LogP contribution in [0, 0.1) is 0 Å². The van der Waals surface area contributed by atoms with E-state index in [4.69, 9.17) is 0 Å². The second-order valence-corrected chi connectivity index (χ2v) is 12.8. The summed E-state index contributed by atoms with van der Waals surface area (Å²) in [6, 6.07) is 9.53. The Kier molecular flexibility index (Phi) is 8.88. The van der Waals surface area contributed by atoms with Gasteiger partial charge in [0, 0.05) is 37.6 Å². The third-order valence-electron chi connectivity index (χ3n) is 5.89. The van der Waals surface area contributed by atoms with Gasteiger partial charge >= 0.3 is 0 Å². The standard InChI is InChI=1S/C22H33N3O4S3/c1-3-23(4-2)16-17-25(19-20-9-8-18-30-20)32(28,29)22-12-10-21(11-13-22)31(26,27)24-14-6-5-7-15-24/h8-13,18H,3-7,14-17,19H2,1-2H3. The highest BCUT2D eigenvalue weighted by molar-refractivity contribution is 7.89. The topological polar surface area (TPSA) is 78.0 Å². The number of hydrogen-bond donors (Lipinski definition) is 0. The molecule has 7 nitrogen and oxygen atoms in total. The zero-order chi connectivity index (χ0) is 23.2. The number of piperidine rings is 1. The molecule has 0 radical (unpaired) electrons. The first-order valence-electron chi connectivity index (χ1n) is 11.1. The lowest BCUT2D eigenvalue weighted by molar-refractivity contribution is 0.269. The number of sulfonamides is 2. The minimum absolute atomic E-state index is 0.117. The van der Waals surface area contributed by atoms with Crippen molar-refractivity contribution in [2.75, 3.05) is 39.3 Å². The molecule has 1 aliphatic rings. The summed E-state index contributed by atoms with van der Waals surface area (Å²) in [5, 5.41) is 1.94. The van der Waals surface area contributed by atoms with Gasteiger partial charge in [0.15, 0.2) is 0 Å². The maximum atomic E-state index is 13.5. The van der Waals surface area contributed by atoms with Gasteiger partial charge in [0.25, 0.3) is 0 Å². The molecule has 0 saturated carbocycles. The van der Waals surface area contributed by atoms with Crippen molar-refractivity contribution in [1.82, 2.24) is 13.5 Å². The smallest absolute Gasteiger partial charge is 0.243 e. The van der Waals surface area contributed by atoms with Gasteiger partial charge in [0.2, 0.25) is 20.0 Å². The Balaban J connectivity index is 1.83. The van der Waals surface area contributed by atoms with Crippen LogP contribution < -0.4 is 0 Å². The van der Waals surface area contributed by atoms with Crippen LogP contribution in [0.15, 0.2) is 51.6 Å². The van der Waals surface area contributed by atoms with Gasteiger partial charge in [-0.25, -0.2) is 16.8 Å². The van der Waals surface area contributed by atoms with Crippen LogP contribution >= 0.6 is 11.3 Å². The van der Waals surface area contributed by atoms with Crippen LogP contribution in [0.3, 0.4) is 0 Å². The van der Waals surface area contributed by atoms with Gasteiger partial charge in [-0.2, -0.15) is 8.61 Å². The lowest BCUT2D eigenvalue weighted by Crippen LogP contribution is -2.38. The molecule has 1 aromatic heterocycles. The molecule has 1 aromatic carbocycles. The Morgan fingerprint density at radius 3 is 2.06 bits per heavy atom. The van der Waals surface area contributed by atoms with Gasteiger partial charge in [0.1, 0.15) is 0 Å². The monoisotopic (exact) mass is 499 g/mol. The summed E-state index contributed by atoms with van der Waals surface area (Å²) in [5.74, 6) is 0. The first-order valence-corrected chi connectivity index (χ1v) is 14.9. The average Bonchev–Trinajstić information content (AvgIpc) is 3.33. The van der Waals surface area contributed by atoms with Gasteiger partial charge in [-0.1, -0.05) is 26.3 Å². The van der Waals surface area contributed by atoms with E-state index in [9.17, 15) is 16.8 Å². The summed E-state index contributed by atoms with van der Waals surface area (Å²) in [4.78, 5) is 3.42. The van der Waals surface area contributed by atoms with E-state index in [0.717, 1.165) is 37.2 Å². The zero-order valence-electron chi connectivity index (χ0n) is 18.8. The molecule has 0 amide bonds. The number of hydrogen-bond acceptors (Lipinski definition) is 6. The average molecular weight is 500 g/mol. The predicted octanol–water partition coefficient (Wildman–Crippen LogP) is 3.46. The molecule has 0 atom stereocenters. The zero-order valence-corrected chi connectivity index (χ0v) is 21.3. The molecular formula is C22H33N3O4S3. The minimum Gasteiger partial charge on any atom is -0.303 e. The maximum Gasteiger partial charge on any atom is 0.243 e. The molecule has 32 heavy (non-hydrogen) atoms. The van der Waals surface area contributed by atoms with Crippen molar-refractivity contribution in [3.8, 4) is 0 Å². The quantitative estimate of drug-likeness (QED) is 0.473. The van der Waals surface area contributed by atoms with Crippen molar-refractivity contribution < 1.29 is 16.8 Å². The van der Waals surface area contributed by atoms with E-state index in [2.05, 4.69) is 18.7 Å². The Hall–Kier alpha value is -1.30. The molecule has 0 N–H and O–H groups in total. The van der Waals surface area contributed by atoms with Crippen molar-refractivity contribution in [2.45, 2.75) is 49.4 Å². The summed E-state index contributed by atoms with van der Waals surface area (Å²) >= 11 is 1.53. The van der Waals surface area contributed by atoms with Crippen molar-refractivity contribution in [1.29, 1.82) is 0 Å². The van der Waals surface area contributed by atoms with Gasteiger partial charge in [-0.15, -0.1) is 11.3 Å². The van der Waals surface area contributed by atoms with Crippen LogP contribution in [0.25, 0.3) is 0 Å². The van der Waals surface area contributed by atoms with Crippen LogP contribution in [0.1, 0.15) is 38.0 Å². The van der Waals surface area contributed by atoms with Crippen molar-refractivity contribution in [2.24, 2.45) is 0 Å². The minimum atomic E-state index is -3.77. The Morgan fingerprint density at radius 1 is 0.875 bits per heavy atom. The fraction of sp³-hybridized carbons (Fsp3) is 0.545. The maximum absolute atomic E-state index is 13.5. The normalized spacial score (nSPS) is 16.1. The van der Waals surface area contributed by atoms with Crippen molar-refractivity contribution in [3.05, 3.63) is 46.7 Å². The van der Waals surface area contributed by atoms with E-state index in [0.29, 0.717) is 32.7 Å². The number of benzene rings is 1. The van der Waals surface area contributed by atoms with E-state index in [1.165, 1.54) is 44.2 Å². The SMILES string of the molecule is CCN(CC)CCN(Cc1cccs1)S(=O)(=O)c1ccc(S(=O)(=O)N2CCCCC2)cc1. The lowest BCUT2D eigenvalue weighted by Gasteiger charge is -2.27. The van der Waals surface area contributed by atoms with Gasteiger partial charge < -0.3 is 4.90 Å². The highest BCUT2D eigenvalue weighted by Crippen LogP contribution is 2.25. The Morgan fingerprint density at radius 2 is 1.50 bits per heavy atom. The second kappa shape index (κ2) is 11.2. The highest BCUT2D eigenvalue weighted by atomic mass is 32.2. The van der Waals surface area contributed by atoms with Crippen LogP contribution in [-0.4, -0.2) is 69.6 Å². The second-order valence-electron chi connectivity index (χ2n) is 7.88. The number of likely N-dealkylation sites (N-methyl/N-ethyl adjacent to an activating group) is 1. The molecule has 178 valence electrons. The van der Waals surface area contributed by atoms with Crippen molar-refractivity contribution in [3.63, 3.8) is 0 Å². The third kappa shape index (κ3) is 5.98. The van der Waals surface area contributed by atoms with Gasteiger partial charge in [0.05, 0.1) is 9.79 Å². The Bertz CT molecular complexity index is 1040. The van der Waals surface area contributed by atoms with E-state index < -0.39 is 20.0 Å². The summed E-state index contributed by atoms with van der Waals surface area (Å²) in [6.45, 7) is 8.17. The molecule has 2 aromatic rings. The molecule has 1 saturated heterocycles. The first kappa shape index (κ1) is 25.3. The summed E-state index contributed by atoms with van der Waals surface area (Å²) in [6.07, 6.45) is 2.75. The molecule has 1 aliphatic heterocycles. The van der Waals surface area contributed by atoms with Crippen molar-refractivity contribution >= 4 is 31.4 Å². The van der Waals surface area contributed by atoms with Crippen LogP contribution in [0.2, 0.25) is 0 Å². The molecule has 0 spiro atoms. The molecular weight excluding hydrogens is 466 g/mol. The van der Waals surface area contributed by atoms with E-state index in [-0.39, 0.29) is 9.79 Å². The molecule has 0 aliphatic carbocycles. The van der Waals surface area contributed by atoms with Gasteiger partial charge in [-0.3, -0.25) is 0 Å². The number of nitrogens with zero attached hydrogens (tertiary/aromatic N) is 3. The van der Waals surface area contributed by atoms with E-state index in [1.807, 2.05) is 17.5 Å². The fourth-order valence-corrected chi connectivity index (χ4v) is 7.57. The molecule has 3 rings (SSSR count). The number of thiophene rings is 1. The first-order chi connectivity index (χ1) is 15.3. The summed E-state index contributed by atoms with van der Waals surface area (Å²) in [7, 11) is -7.37. The third-order valence-corrected chi connectivity index (χ3v) is 10.5. The van der Waals surface area contributed by atoms with E-state index >= 15 is 0 Å². The van der Waals surface area contributed by atoms with E-state index in [1.54, 1.807) is 0 Å². The van der Waals surface area contributed by atoms with Crippen LogP contribution in [0.4, 0.5) is 0 Å². The summed E-state index contributed by atoms with van der Waals surface area (Å²) in [5.41, 5.74) is 0. The molecule has 2 heterocycles. The predicted molar refractivity (Wildman–Crippen MR) is 129 cm³/mol. The van der Waals surface area contributed by atoms with Gasteiger partial charge in [-0.05, 0) is 61.6 Å². The fourth-order valence-electron chi connectivity index (χ4n) is 3.84.